The van der Waals surface area contributed by atoms with Gasteiger partial charge in [0, 0.05) is 6.54 Å². The van der Waals surface area contributed by atoms with Crippen LogP contribution in [0.1, 0.15) is 0 Å². The van der Waals surface area contributed by atoms with Crippen LogP contribution in [0.15, 0.2) is 30.3 Å². The number of aliphatic hydroxyl groups excluding tert-OH is 1. The second-order valence-electron chi connectivity index (χ2n) is 2.51. The van der Waals surface area contributed by atoms with Gasteiger partial charge >= 0.3 is 0 Å². The lowest BCUT2D eigenvalue weighted by Gasteiger charge is -2.09. The lowest BCUT2D eigenvalue weighted by Crippen LogP contribution is -2.26. The van der Waals surface area contributed by atoms with Crippen LogP contribution < -0.4 is 10.5 Å². The highest BCUT2D eigenvalue weighted by atomic mass is 35.5. The maximum Gasteiger partial charge on any atom is 0.119 e. The van der Waals surface area contributed by atoms with Crippen LogP contribution >= 0.6 is 12.4 Å². The number of hydrogen-bond acceptors (Lipinski definition) is 3. The van der Waals surface area contributed by atoms with Crippen LogP contribution in [0.2, 0.25) is 0 Å². The van der Waals surface area contributed by atoms with E-state index in [0.717, 1.165) is 5.75 Å². The molecule has 4 heteroatoms. The van der Waals surface area contributed by atoms with Gasteiger partial charge in [-0.05, 0) is 12.1 Å². The van der Waals surface area contributed by atoms with Gasteiger partial charge in [0.15, 0.2) is 0 Å². The Morgan fingerprint density at radius 3 is 2.46 bits per heavy atom. The molecule has 1 aromatic carbocycles. The van der Waals surface area contributed by atoms with E-state index >= 15 is 0 Å². The highest BCUT2D eigenvalue weighted by Crippen LogP contribution is 2.07. The molecule has 0 aliphatic rings. The van der Waals surface area contributed by atoms with Crippen molar-refractivity contribution in [3.8, 4) is 5.75 Å². The summed E-state index contributed by atoms with van der Waals surface area (Å²) in [4.78, 5) is 0. The Hall–Kier alpha value is -0.770. The number of rotatable bonds is 4. The summed E-state index contributed by atoms with van der Waals surface area (Å²) in [6.45, 7) is 0.480. The van der Waals surface area contributed by atoms with E-state index in [9.17, 15) is 0 Å². The largest absolute Gasteiger partial charge is 0.491 e. The Kier molecular flexibility index (Phi) is 6.32. The van der Waals surface area contributed by atoms with Gasteiger partial charge in [0.05, 0.1) is 0 Å². The maximum absolute atomic E-state index is 9.07. The monoisotopic (exact) mass is 203 g/mol. The standard InChI is InChI=1S/C9H13NO2.ClH/c10-6-8(11)7-12-9-4-2-1-3-5-9;/h1-5,8,11H,6-7,10H2;1H/t8-;/m0./s1. The van der Waals surface area contributed by atoms with E-state index in [1.54, 1.807) is 0 Å². The molecule has 0 amide bonds. The Bertz CT molecular complexity index is 218. The van der Waals surface area contributed by atoms with E-state index in [0.29, 0.717) is 0 Å². The van der Waals surface area contributed by atoms with Crippen LogP contribution in [0, 0.1) is 0 Å². The average molecular weight is 204 g/mol. The van der Waals surface area contributed by atoms with E-state index in [4.69, 9.17) is 15.6 Å². The molecule has 74 valence electrons. The lowest BCUT2D eigenvalue weighted by molar-refractivity contribution is 0.114. The Morgan fingerprint density at radius 2 is 1.92 bits per heavy atom. The third kappa shape index (κ3) is 4.72. The van der Waals surface area contributed by atoms with Crippen molar-refractivity contribution in [2.24, 2.45) is 5.73 Å². The van der Waals surface area contributed by atoms with Gasteiger partial charge < -0.3 is 15.6 Å². The summed E-state index contributed by atoms with van der Waals surface area (Å²) in [7, 11) is 0. The topological polar surface area (TPSA) is 55.5 Å². The minimum atomic E-state index is -0.579. The molecule has 0 aliphatic heterocycles. The van der Waals surface area contributed by atoms with Crippen molar-refractivity contribution in [1.82, 2.24) is 0 Å². The quantitative estimate of drug-likeness (QED) is 0.762. The van der Waals surface area contributed by atoms with Gasteiger partial charge in [0.1, 0.15) is 18.5 Å². The molecule has 3 nitrogen and oxygen atoms in total. The van der Waals surface area contributed by atoms with E-state index in [1.165, 1.54) is 0 Å². The van der Waals surface area contributed by atoms with E-state index in [1.807, 2.05) is 30.3 Å². The first kappa shape index (κ1) is 12.2. The van der Waals surface area contributed by atoms with Gasteiger partial charge in [0.25, 0.3) is 0 Å². The van der Waals surface area contributed by atoms with E-state index in [-0.39, 0.29) is 25.6 Å². The zero-order valence-corrected chi connectivity index (χ0v) is 8.04. The van der Waals surface area contributed by atoms with Gasteiger partial charge in [-0.15, -0.1) is 12.4 Å². The van der Waals surface area contributed by atoms with Crippen LogP contribution in [0.25, 0.3) is 0 Å². The number of nitrogens with two attached hydrogens (primary N) is 1. The van der Waals surface area contributed by atoms with Crippen LogP contribution in [0.3, 0.4) is 0 Å². The molecule has 0 heterocycles. The fourth-order valence-corrected chi connectivity index (χ4v) is 0.777. The molecule has 0 saturated heterocycles. The SMILES string of the molecule is Cl.NC[C@H](O)COc1ccccc1. The zero-order valence-electron chi connectivity index (χ0n) is 7.22. The minimum absolute atomic E-state index is 0. The van der Waals surface area contributed by atoms with Crippen molar-refractivity contribution in [3.05, 3.63) is 30.3 Å². The molecule has 0 saturated carbocycles. The average Bonchev–Trinajstić information content (AvgIpc) is 2.16. The number of hydrogen-bond donors (Lipinski definition) is 2. The summed E-state index contributed by atoms with van der Waals surface area (Å²) in [5.74, 6) is 0.755. The normalized spacial score (nSPS) is 11.5. The van der Waals surface area contributed by atoms with Gasteiger partial charge in [0.2, 0.25) is 0 Å². The molecular formula is C9H14ClNO2. The number of aliphatic hydroxyl groups is 1. The fourth-order valence-electron chi connectivity index (χ4n) is 0.777. The Balaban J connectivity index is 0.00000144. The molecule has 1 atom stereocenters. The Labute approximate surface area is 83.9 Å². The molecule has 0 unspecified atom stereocenters. The summed E-state index contributed by atoms with van der Waals surface area (Å²) in [6, 6.07) is 9.34. The zero-order chi connectivity index (χ0) is 8.81. The van der Waals surface area contributed by atoms with Gasteiger partial charge in [-0.1, -0.05) is 18.2 Å². The molecule has 0 aromatic heterocycles. The number of benzene rings is 1. The summed E-state index contributed by atoms with van der Waals surface area (Å²) in [5.41, 5.74) is 5.21. The molecule has 0 spiro atoms. The number of halogens is 1. The number of ether oxygens (including phenoxy) is 1. The molecule has 0 radical (unpaired) electrons. The number of para-hydroxylation sites is 1. The summed E-state index contributed by atoms with van der Waals surface area (Å²) < 4.78 is 5.23. The first-order chi connectivity index (χ1) is 5.83. The van der Waals surface area contributed by atoms with Crippen molar-refractivity contribution in [2.75, 3.05) is 13.2 Å². The smallest absolute Gasteiger partial charge is 0.119 e. The van der Waals surface area contributed by atoms with E-state index in [2.05, 4.69) is 0 Å². The minimum Gasteiger partial charge on any atom is -0.491 e. The van der Waals surface area contributed by atoms with Crippen molar-refractivity contribution in [3.63, 3.8) is 0 Å². The summed E-state index contributed by atoms with van der Waals surface area (Å²) in [6.07, 6.45) is -0.579. The van der Waals surface area contributed by atoms with Crippen molar-refractivity contribution in [1.29, 1.82) is 0 Å². The summed E-state index contributed by atoms with van der Waals surface area (Å²) in [5, 5.41) is 9.07. The predicted molar refractivity (Wildman–Crippen MR) is 54.2 cm³/mol. The Morgan fingerprint density at radius 1 is 1.31 bits per heavy atom. The van der Waals surface area contributed by atoms with E-state index < -0.39 is 6.10 Å². The van der Waals surface area contributed by atoms with Crippen LogP contribution in [0.5, 0.6) is 5.75 Å². The maximum atomic E-state index is 9.07. The summed E-state index contributed by atoms with van der Waals surface area (Å²) >= 11 is 0. The van der Waals surface area contributed by atoms with Crippen LogP contribution in [-0.4, -0.2) is 24.4 Å². The third-order valence-electron chi connectivity index (χ3n) is 1.46. The fraction of sp³-hybridized carbons (Fsp3) is 0.333. The molecule has 0 aliphatic carbocycles. The molecule has 0 fully saturated rings. The highest BCUT2D eigenvalue weighted by Gasteiger charge is 2.00. The predicted octanol–water partition coefficient (Wildman–Crippen LogP) is 0.807. The second kappa shape index (κ2) is 6.71. The van der Waals surface area contributed by atoms with Crippen molar-refractivity contribution >= 4 is 12.4 Å². The van der Waals surface area contributed by atoms with Crippen LogP contribution in [-0.2, 0) is 0 Å². The molecular weight excluding hydrogens is 190 g/mol. The van der Waals surface area contributed by atoms with Gasteiger partial charge in [-0.2, -0.15) is 0 Å². The highest BCUT2D eigenvalue weighted by molar-refractivity contribution is 5.85. The third-order valence-corrected chi connectivity index (χ3v) is 1.46. The molecule has 13 heavy (non-hydrogen) atoms. The van der Waals surface area contributed by atoms with Gasteiger partial charge in [-0.3, -0.25) is 0 Å². The second-order valence-corrected chi connectivity index (χ2v) is 2.51. The molecule has 3 N–H and O–H groups in total. The van der Waals surface area contributed by atoms with Crippen molar-refractivity contribution in [2.45, 2.75) is 6.10 Å². The first-order valence-electron chi connectivity index (χ1n) is 3.89. The van der Waals surface area contributed by atoms with Crippen LogP contribution in [0.4, 0.5) is 0 Å². The molecule has 1 aromatic rings. The van der Waals surface area contributed by atoms with Gasteiger partial charge in [-0.25, -0.2) is 0 Å². The lowest BCUT2D eigenvalue weighted by atomic mass is 10.3. The molecule has 1 rings (SSSR count). The first-order valence-corrected chi connectivity index (χ1v) is 3.89. The molecule has 0 bridgehead atoms. The van der Waals surface area contributed by atoms with Crippen molar-refractivity contribution < 1.29 is 9.84 Å².